The first-order valence-corrected chi connectivity index (χ1v) is 9.72. The van der Waals surface area contributed by atoms with Crippen LogP contribution in [0.15, 0.2) is 24.4 Å². The molecule has 0 saturated carbocycles. The highest BCUT2D eigenvalue weighted by atomic mass is 16.5. The van der Waals surface area contributed by atoms with Crippen LogP contribution in [0.4, 0.5) is 0 Å². The van der Waals surface area contributed by atoms with Gasteiger partial charge in [-0.2, -0.15) is 0 Å². The molecule has 1 amide bonds. The van der Waals surface area contributed by atoms with Crippen LogP contribution in [-0.4, -0.2) is 54.6 Å². The summed E-state index contributed by atoms with van der Waals surface area (Å²) in [5.41, 5.74) is 3.26. The predicted octanol–water partition coefficient (Wildman–Crippen LogP) is 1.70. The van der Waals surface area contributed by atoms with Crippen molar-refractivity contribution < 1.29 is 14.3 Å². The molecule has 1 aromatic heterocycles. The van der Waals surface area contributed by atoms with E-state index in [9.17, 15) is 4.79 Å². The van der Waals surface area contributed by atoms with Gasteiger partial charge in [-0.3, -0.25) is 4.79 Å². The van der Waals surface area contributed by atoms with Crippen molar-refractivity contribution >= 4 is 5.91 Å². The summed E-state index contributed by atoms with van der Waals surface area (Å²) in [7, 11) is 3.20. The third-order valence-corrected chi connectivity index (χ3v) is 5.54. The number of rotatable bonds is 5. The molecule has 7 heteroatoms. The van der Waals surface area contributed by atoms with Gasteiger partial charge >= 0.3 is 0 Å². The maximum atomic E-state index is 12.8. The Balaban J connectivity index is 1.40. The fourth-order valence-electron chi connectivity index (χ4n) is 3.92. The number of aromatic nitrogens is 2. The zero-order valence-corrected chi connectivity index (χ0v) is 16.4. The minimum atomic E-state index is 0.122. The van der Waals surface area contributed by atoms with E-state index >= 15 is 0 Å². The van der Waals surface area contributed by atoms with E-state index in [0.717, 1.165) is 49.6 Å². The van der Waals surface area contributed by atoms with Crippen molar-refractivity contribution in [1.29, 1.82) is 0 Å². The van der Waals surface area contributed by atoms with Crippen LogP contribution >= 0.6 is 0 Å². The molecule has 1 saturated heterocycles. The Hall–Kier alpha value is -2.67. The van der Waals surface area contributed by atoms with Crippen molar-refractivity contribution in [2.75, 3.05) is 33.9 Å². The van der Waals surface area contributed by atoms with E-state index in [1.807, 2.05) is 29.3 Å². The summed E-state index contributed by atoms with van der Waals surface area (Å²) < 4.78 is 10.6. The number of methoxy groups -OCH3 is 2. The molecular weight excluding hydrogens is 356 g/mol. The third kappa shape index (κ3) is 3.80. The summed E-state index contributed by atoms with van der Waals surface area (Å²) in [4.78, 5) is 24.1. The number of ether oxygens (including phenoxy) is 2. The molecule has 1 aromatic carbocycles. The van der Waals surface area contributed by atoms with Crippen molar-refractivity contribution in [3.63, 3.8) is 0 Å². The Morgan fingerprint density at radius 3 is 2.96 bits per heavy atom. The number of hydrogen-bond acceptors (Lipinski definition) is 6. The molecule has 0 spiro atoms. The minimum absolute atomic E-state index is 0.122. The lowest BCUT2D eigenvalue weighted by Gasteiger charge is -2.19. The van der Waals surface area contributed by atoms with Crippen LogP contribution in [0.5, 0.6) is 11.5 Å². The fourth-order valence-corrected chi connectivity index (χ4v) is 3.92. The predicted molar refractivity (Wildman–Crippen MR) is 105 cm³/mol. The number of carbonyl (C=O) groups excluding carboxylic acids is 1. The van der Waals surface area contributed by atoms with E-state index in [1.54, 1.807) is 14.2 Å². The average Bonchev–Trinajstić information content (AvgIpc) is 3.24. The Labute approximate surface area is 165 Å². The van der Waals surface area contributed by atoms with Gasteiger partial charge in [-0.25, -0.2) is 9.97 Å². The van der Waals surface area contributed by atoms with Crippen molar-refractivity contribution in [3.8, 4) is 11.5 Å². The number of fused-ring (bicyclic) bond motifs is 1. The largest absolute Gasteiger partial charge is 0.493 e. The molecule has 0 unspecified atom stereocenters. The van der Waals surface area contributed by atoms with Crippen LogP contribution < -0.4 is 14.8 Å². The van der Waals surface area contributed by atoms with Crippen molar-refractivity contribution in [3.05, 3.63) is 47.0 Å². The Morgan fingerprint density at radius 1 is 1.29 bits per heavy atom. The number of nitrogens with one attached hydrogen (secondary N) is 1. The Kier molecular flexibility index (Phi) is 5.43. The highest BCUT2D eigenvalue weighted by Crippen LogP contribution is 2.29. The smallest absolute Gasteiger partial charge is 0.227 e. The molecular formula is C21H26N4O3. The lowest BCUT2D eigenvalue weighted by Crippen LogP contribution is -2.30. The first-order valence-electron chi connectivity index (χ1n) is 9.72. The second-order valence-electron chi connectivity index (χ2n) is 7.32. The molecule has 0 aliphatic carbocycles. The van der Waals surface area contributed by atoms with Crippen LogP contribution in [0.2, 0.25) is 0 Å². The van der Waals surface area contributed by atoms with E-state index in [1.165, 1.54) is 5.56 Å². The zero-order valence-electron chi connectivity index (χ0n) is 16.4. The van der Waals surface area contributed by atoms with E-state index in [2.05, 4.69) is 10.3 Å². The van der Waals surface area contributed by atoms with Gasteiger partial charge in [0.15, 0.2) is 11.5 Å². The number of nitrogens with zero attached hydrogens (tertiary/aromatic N) is 3. The molecule has 1 fully saturated rings. The highest BCUT2D eigenvalue weighted by molar-refractivity contribution is 5.79. The third-order valence-electron chi connectivity index (χ3n) is 5.54. The van der Waals surface area contributed by atoms with Crippen LogP contribution in [0.3, 0.4) is 0 Å². The fraction of sp³-hybridized carbons (Fsp3) is 0.476. The number of hydrogen-bond donors (Lipinski definition) is 1. The van der Waals surface area contributed by atoms with Crippen LogP contribution in [0, 0.1) is 0 Å². The van der Waals surface area contributed by atoms with Crippen molar-refractivity contribution in [2.45, 2.75) is 31.7 Å². The van der Waals surface area contributed by atoms with Crippen molar-refractivity contribution in [2.24, 2.45) is 0 Å². The van der Waals surface area contributed by atoms with Gasteiger partial charge in [0.1, 0.15) is 5.82 Å². The van der Waals surface area contributed by atoms with Gasteiger partial charge in [0.25, 0.3) is 0 Å². The molecule has 7 nitrogen and oxygen atoms in total. The number of benzene rings is 1. The molecule has 0 bridgehead atoms. The van der Waals surface area contributed by atoms with E-state index in [-0.39, 0.29) is 11.8 Å². The lowest BCUT2D eigenvalue weighted by molar-refractivity contribution is -0.129. The highest BCUT2D eigenvalue weighted by Gasteiger charge is 2.29. The average molecular weight is 382 g/mol. The SMILES string of the molecule is COc1ccc(CC(=O)N2CC[C@@H](c3ncc4c(n3)CCNC4)C2)cc1OC. The molecule has 2 aromatic rings. The van der Waals surface area contributed by atoms with Crippen LogP contribution in [-0.2, 0) is 24.2 Å². The topological polar surface area (TPSA) is 76.6 Å². The quantitative estimate of drug-likeness (QED) is 0.848. The van der Waals surface area contributed by atoms with Gasteiger partial charge in [-0.15, -0.1) is 0 Å². The lowest BCUT2D eigenvalue weighted by atomic mass is 10.1. The van der Waals surface area contributed by atoms with Gasteiger partial charge in [-0.1, -0.05) is 6.07 Å². The molecule has 2 aliphatic rings. The molecule has 1 atom stereocenters. The molecule has 2 aliphatic heterocycles. The summed E-state index contributed by atoms with van der Waals surface area (Å²) >= 11 is 0. The zero-order chi connectivity index (χ0) is 19.5. The summed E-state index contributed by atoms with van der Waals surface area (Å²) in [6.45, 7) is 3.24. The maximum Gasteiger partial charge on any atom is 0.227 e. The van der Waals surface area contributed by atoms with Gasteiger partial charge in [0, 0.05) is 56.0 Å². The maximum absolute atomic E-state index is 12.8. The summed E-state index contributed by atoms with van der Waals surface area (Å²) in [6, 6.07) is 5.61. The first kappa shape index (κ1) is 18.7. The van der Waals surface area contributed by atoms with E-state index in [0.29, 0.717) is 24.5 Å². The minimum Gasteiger partial charge on any atom is -0.493 e. The second kappa shape index (κ2) is 8.14. The molecule has 148 valence electrons. The van der Waals surface area contributed by atoms with E-state index < -0.39 is 0 Å². The Bertz CT molecular complexity index is 871. The molecule has 28 heavy (non-hydrogen) atoms. The molecule has 4 rings (SSSR count). The standard InChI is InChI=1S/C21H26N4O3/c1-27-18-4-3-14(9-19(18)28-2)10-20(26)25-8-6-15(13-25)21-23-12-16-11-22-7-5-17(16)24-21/h3-4,9,12,15,22H,5-8,10-11,13H2,1-2H3/t15-/m1/s1. The molecule has 3 heterocycles. The summed E-state index contributed by atoms with van der Waals surface area (Å²) in [6.07, 6.45) is 4.15. The van der Waals surface area contributed by atoms with Gasteiger partial charge in [-0.05, 0) is 24.1 Å². The normalized spacial score (nSPS) is 18.6. The number of likely N-dealkylation sites (tertiary alicyclic amines) is 1. The second-order valence-corrected chi connectivity index (χ2v) is 7.32. The van der Waals surface area contributed by atoms with E-state index in [4.69, 9.17) is 14.5 Å². The summed E-state index contributed by atoms with van der Waals surface area (Å²) in [5.74, 6) is 2.53. The Morgan fingerprint density at radius 2 is 2.14 bits per heavy atom. The number of carbonyl (C=O) groups is 1. The first-order chi connectivity index (χ1) is 13.7. The monoisotopic (exact) mass is 382 g/mol. The van der Waals surface area contributed by atoms with Crippen molar-refractivity contribution in [1.82, 2.24) is 20.2 Å². The number of amides is 1. The molecule has 0 radical (unpaired) electrons. The van der Waals surface area contributed by atoms with Crippen LogP contribution in [0.1, 0.15) is 35.0 Å². The van der Waals surface area contributed by atoms with Gasteiger partial charge in [0.05, 0.1) is 20.6 Å². The molecule has 1 N–H and O–H groups in total. The van der Waals surface area contributed by atoms with Gasteiger partial charge < -0.3 is 19.7 Å². The van der Waals surface area contributed by atoms with Crippen LogP contribution in [0.25, 0.3) is 0 Å². The van der Waals surface area contributed by atoms with Gasteiger partial charge in [0.2, 0.25) is 5.91 Å². The summed E-state index contributed by atoms with van der Waals surface area (Å²) in [5, 5.41) is 3.34.